The van der Waals surface area contributed by atoms with Crippen LogP contribution < -0.4 is 5.32 Å². The summed E-state index contributed by atoms with van der Waals surface area (Å²) in [5.74, 6) is -1.28. The van der Waals surface area contributed by atoms with Crippen LogP contribution in [0.5, 0.6) is 0 Å². The largest absolute Gasteiger partial charge is 0.479 e. The summed E-state index contributed by atoms with van der Waals surface area (Å²) in [5, 5.41) is 20.2. The molecular formula is C12H23NO4. The average molecular weight is 245 g/mol. The van der Waals surface area contributed by atoms with Gasteiger partial charge in [0.1, 0.15) is 0 Å². The average Bonchev–Trinajstić information content (AvgIpc) is 2.28. The van der Waals surface area contributed by atoms with Gasteiger partial charge in [-0.1, -0.05) is 26.7 Å². The number of carboxylic acids is 1. The molecule has 0 spiro atoms. The molecule has 0 saturated heterocycles. The fourth-order valence-electron chi connectivity index (χ4n) is 1.70. The highest BCUT2D eigenvalue weighted by Gasteiger charge is 2.17. The molecule has 0 radical (unpaired) electrons. The molecule has 0 heterocycles. The number of rotatable bonds is 9. The number of aliphatic hydroxyl groups excluding tert-OH is 1. The molecule has 0 fully saturated rings. The molecule has 5 heteroatoms. The topological polar surface area (TPSA) is 86.6 Å². The summed E-state index contributed by atoms with van der Waals surface area (Å²) in [6.07, 6.45) is 2.26. The van der Waals surface area contributed by atoms with Crippen LogP contribution in [0.3, 0.4) is 0 Å². The third-order valence-corrected chi connectivity index (χ3v) is 2.65. The second-order valence-electron chi connectivity index (χ2n) is 4.21. The summed E-state index contributed by atoms with van der Waals surface area (Å²) in [6, 6.07) is 0. The van der Waals surface area contributed by atoms with Crippen LogP contribution in [0.25, 0.3) is 0 Å². The number of aliphatic carboxylic acids is 1. The number of amides is 1. The van der Waals surface area contributed by atoms with E-state index in [1.54, 1.807) is 0 Å². The van der Waals surface area contributed by atoms with Crippen LogP contribution in [-0.4, -0.2) is 34.7 Å². The van der Waals surface area contributed by atoms with Crippen molar-refractivity contribution >= 4 is 11.9 Å². The monoisotopic (exact) mass is 245 g/mol. The van der Waals surface area contributed by atoms with E-state index in [1.165, 1.54) is 0 Å². The fourth-order valence-corrected chi connectivity index (χ4v) is 1.70. The van der Waals surface area contributed by atoms with Gasteiger partial charge in [-0.3, -0.25) is 4.79 Å². The molecule has 0 rings (SSSR count). The molecule has 17 heavy (non-hydrogen) atoms. The minimum absolute atomic E-state index is 0.00645. The molecule has 1 atom stereocenters. The van der Waals surface area contributed by atoms with Crippen LogP contribution in [0.15, 0.2) is 0 Å². The number of carbonyl (C=O) groups is 2. The van der Waals surface area contributed by atoms with Gasteiger partial charge in [0, 0.05) is 18.9 Å². The summed E-state index contributed by atoms with van der Waals surface area (Å²) < 4.78 is 0. The first kappa shape index (κ1) is 15.9. The predicted octanol–water partition coefficient (Wildman–Crippen LogP) is 1.15. The Kier molecular flexibility index (Phi) is 8.40. The number of aliphatic hydroxyl groups is 1. The summed E-state index contributed by atoms with van der Waals surface area (Å²) in [5.41, 5.74) is 0. The van der Waals surface area contributed by atoms with Crippen molar-refractivity contribution in [1.29, 1.82) is 0 Å². The number of hydrogen-bond donors (Lipinski definition) is 3. The van der Waals surface area contributed by atoms with E-state index >= 15 is 0 Å². The van der Waals surface area contributed by atoms with Gasteiger partial charge in [-0.2, -0.15) is 0 Å². The number of nitrogens with one attached hydrogen (secondary N) is 1. The number of carbonyl (C=O) groups excluding carboxylic acids is 1. The fraction of sp³-hybridized carbons (Fsp3) is 0.833. The van der Waals surface area contributed by atoms with Gasteiger partial charge in [0.25, 0.3) is 0 Å². The quantitative estimate of drug-likeness (QED) is 0.569. The normalized spacial score (nSPS) is 12.5. The van der Waals surface area contributed by atoms with E-state index in [2.05, 4.69) is 5.32 Å². The van der Waals surface area contributed by atoms with Crippen LogP contribution in [0, 0.1) is 5.92 Å². The molecule has 0 aliphatic carbocycles. The lowest BCUT2D eigenvalue weighted by molar-refractivity contribution is -0.147. The molecule has 0 aromatic carbocycles. The Labute approximate surface area is 102 Å². The molecule has 1 amide bonds. The first-order valence-corrected chi connectivity index (χ1v) is 6.21. The second-order valence-corrected chi connectivity index (χ2v) is 4.21. The highest BCUT2D eigenvalue weighted by molar-refractivity contribution is 5.78. The number of carboxylic acid groups (broad SMARTS) is 1. The van der Waals surface area contributed by atoms with E-state index in [0.717, 1.165) is 25.7 Å². The van der Waals surface area contributed by atoms with Crippen molar-refractivity contribution < 1.29 is 19.8 Å². The van der Waals surface area contributed by atoms with Crippen LogP contribution in [0.1, 0.15) is 46.0 Å². The third-order valence-electron chi connectivity index (χ3n) is 2.65. The van der Waals surface area contributed by atoms with Gasteiger partial charge in [-0.25, -0.2) is 4.79 Å². The summed E-state index contributed by atoms with van der Waals surface area (Å²) >= 11 is 0. The van der Waals surface area contributed by atoms with E-state index in [4.69, 9.17) is 10.2 Å². The van der Waals surface area contributed by atoms with Crippen LogP contribution in [0.4, 0.5) is 0 Å². The molecule has 0 aliphatic rings. The standard InChI is InChI=1S/C12H23NO4/c1-3-5-9(6-4-2)11(15)13-8-7-10(14)12(16)17/h9-10,14H,3-8H2,1-2H3,(H,13,15)(H,16,17)/t10-/m0/s1. The van der Waals surface area contributed by atoms with Crippen molar-refractivity contribution in [3.63, 3.8) is 0 Å². The Hall–Kier alpha value is -1.10. The molecule has 100 valence electrons. The van der Waals surface area contributed by atoms with Crippen molar-refractivity contribution in [2.45, 2.75) is 52.1 Å². The lowest BCUT2D eigenvalue weighted by Crippen LogP contribution is -2.34. The van der Waals surface area contributed by atoms with Gasteiger partial charge in [0.15, 0.2) is 6.10 Å². The summed E-state index contributed by atoms with van der Waals surface area (Å²) in [7, 11) is 0. The summed E-state index contributed by atoms with van der Waals surface area (Å²) in [6.45, 7) is 4.27. The van der Waals surface area contributed by atoms with Crippen molar-refractivity contribution in [2.24, 2.45) is 5.92 Å². The zero-order valence-electron chi connectivity index (χ0n) is 10.6. The zero-order chi connectivity index (χ0) is 13.3. The third kappa shape index (κ3) is 6.94. The van der Waals surface area contributed by atoms with Gasteiger partial charge in [-0.05, 0) is 12.8 Å². The van der Waals surface area contributed by atoms with Crippen LogP contribution in [0.2, 0.25) is 0 Å². The Morgan fingerprint density at radius 2 is 1.65 bits per heavy atom. The van der Waals surface area contributed by atoms with Crippen molar-refractivity contribution in [1.82, 2.24) is 5.32 Å². The Bertz CT molecular complexity index is 237. The van der Waals surface area contributed by atoms with Gasteiger partial charge in [0.2, 0.25) is 5.91 Å². The van der Waals surface area contributed by atoms with Crippen LogP contribution >= 0.6 is 0 Å². The highest BCUT2D eigenvalue weighted by atomic mass is 16.4. The second kappa shape index (κ2) is 8.98. The van der Waals surface area contributed by atoms with Gasteiger partial charge >= 0.3 is 5.97 Å². The van der Waals surface area contributed by atoms with Gasteiger partial charge < -0.3 is 15.5 Å². The van der Waals surface area contributed by atoms with E-state index < -0.39 is 12.1 Å². The van der Waals surface area contributed by atoms with Crippen molar-refractivity contribution in [3.05, 3.63) is 0 Å². The minimum Gasteiger partial charge on any atom is -0.479 e. The van der Waals surface area contributed by atoms with E-state index in [9.17, 15) is 9.59 Å². The molecule has 0 aromatic heterocycles. The molecule has 0 saturated carbocycles. The molecule has 5 nitrogen and oxygen atoms in total. The molecular weight excluding hydrogens is 222 g/mol. The smallest absolute Gasteiger partial charge is 0.332 e. The molecule has 0 aliphatic heterocycles. The minimum atomic E-state index is -1.40. The Morgan fingerprint density at radius 3 is 2.06 bits per heavy atom. The maximum atomic E-state index is 11.7. The van der Waals surface area contributed by atoms with Crippen molar-refractivity contribution in [2.75, 3.05) is 6.54 Å². The van der Waals surface area contributed by atoms with Gasteiger partial charge in [0.05, 0.1) is 0 Å². The number of hydrogen-bond acceptors (Lipinski definition) is 3. The summed E-state index contributed by atoms with van der Waals surface area (Å²) in [4.78, 5) is 22.1. The molecule has 3 N–H and O–H groups in total. The van der Waals surface area contributed by atoms with E-state index in [1.807, 2.05) is 13.8 Å². The van der Waals surface area contributed by atoms with E-state index in [-0.39, 0.29) is 24.8 Å². The van der Waals surface area contributed by atoms with E-state index in [0.29, 0.717) is 0 Å². The lowest BCUT2D eigenvalue weighted by Gasteiger charge is -2.15. The molecule has 0 aromatic rings. The SMILES string of the molecule is CCCC(CCC)C(=O)NCC[C@H](O)C(=O)O. The molecule has 0 bridgehead atoms. The first-order chi connectivity index (χ1) is 8.02. The highest BCUT2D eigenvalue weighted by Crippen LogP contribution is 2.13. The predicted molar refractivity (Wildman–Crippen MR) is 64.6 cm³/mol. The maximum absolute atomic E-state index is 11.7. The van der Waals surface area contributed by atoms with Gasteiger partial charge in [-0.15, -0.1) is 0 Å². The zero-order valence-corrected chi connectivity index (χ0v) is 10.6. The lowest BCUT2D eigenvalue weighted by atomic mass is 9.97. The van der Waals surface area contributed by atoms with Crippen LogP contribution in [-0.2, 0) is 9.59 Å². The first-order valence-electron chi connectivity index (χ1n) is 6.21. The van der Waals surface area contributed by atoms with Crippen molar-refractivity contribution in [3.8, 4) is 0 Å². The Balaban J connectivity index is 3.92. The molecule has 0 unspecified atom stereocenters. The Morgan fingerprint density at radius 1 is 1.12 bits per heavy atom. The maximum Gasteiger partial charge on any atom is 0.332 e.